The van der Waals surface area contributed by atoms with Crippen molar-refractivity contribution < 1.29 is 0 Å². The molecular weight excluding hydrogens is 191 g/mol. The van der Waals surface area contributed by atoms with E-state index in [1.165, 1.54) is 0 Å². The molecular formula is C10H10Cl2. The highest BCUT2D eigenvalue weighted by molar-refractivity contribution is 6.31. The molecule has 1 rings (SSSR count). The minimum absolute atomic E-state index is 0.335. The van der Waals surface area contributed by atoms with Crippen LogP contribution in [0.5, 0.6) is 0 Å². The van der Waals surface area contributed by atoms with Crippen molar-refractivity contribution in [2.45, 2.75) is 4.87 Å². The molecule has 0 aromatic heterocycles. The van der Waals surface area contributed by atoms with Crippen molar-refractivity contribution in [2.24, 2.45) is 0 Å². The first-order valence-electron chi connectivity index (χ1n) is 3.67. The molecule has 0 spiro atoms. The second kappa shape index (κ2) is 3.97. The Balaban J connectivity index is 3.03. The topological polar surface area (TPSA) is 0 Å². The van der Waals surface area contributed by atoms with E-state index in [0.717, 1.165) is 5.56 Å². The van der Waals surface area contributed by atoms with Crippen molar-refractivity contribution in [1.29, 1.82) is 0 Å². The lowest BCUT2D eigenvalue weighted by Gasteiger charge is -2.19. The summed E-state index contributed by atoms with van der Waals surface area (Å²) in [6.45, 7) is 3.66. The van der Waals surface area contributed by atoms with Gasteiger partial charge in [0.15, 0.2) is 0 Å². The summed E-state index contributed by atoms with van der Waals surface area (Å²) in [5, 5.41) is 0. The number of hydrogen-bond acceptors (Lipinski definition) is 0. The third-order valence-electron chi connectivity index (χ3n) is 1.77. The van der Waals surface area contributed by atoms with Crippen LogP contribution >= 0.6 is 23.2 Å². The van der Waals surface area contributed by atoms with Gasteiger partial charge in [-0.15, -0.1) is 29.8 Å². The zero-order valence-electron chi connectivity index (χ0n) is 6.63. The summed E-state index contributed by atoms with van der Waals surface area (Å²) in [6.07, 6.45) is 1.66. The van der Waals surface area contributed by atoms with Crippen LogP contribution in [0.4, 0.5) is 0 Å². The van der Waals surface area contributed by atoms with Gasteiger partial charge in [0.2, 0.25) is 0 Å². The number of allylic oxidation sites excluding steroid dienone is 1. The zero-order valence-corrected chi connectivity index (χ0v) is 8.15. The van der Waals surface area contributed by atoms with Gasteiger partial charge in [-0.25, -0.2) is 0 Å². The highest BCUT2D eigenvalue weighted by Gasteiger charge is 2.23. The molecule has 1 aromatic carbocycles. The van der Waals surface area contributed by atoms with Crippen LogP contribution in [-0.4, -0.2) is 5.88 Å². The van der Waals surface area contributed by atoms with Crippen molar-refractivity contribution in [1.82, 2.24) is 0 Å². The third kappa shape index (κ3) is 1.82. The lowest BCUT2D eigenvalue weighted by atomic mass is 10.0. The molecule has 64 valence electrons. The van der Waals surface area contributed by atoms with E-state index in [1.807, 2.05) is 30.3 Å². The monoisotopic (exact) mass is 200 g/mol. The Labute approximate surface area is 82.8 Å². The van der Waals surface area contributed by atoms with E-state index < -0.39 is 4.87 Å². The number of halogens is 2. The van der Waals surface area contributed by atoms with Crippen molar-refractivity contribution in [3.05, 3.63) is 48.6 Å². The Morgan fingerprint density at radius 3 is 2.33 bits per heavy atom. The summed E-state index contributed by atoms with van der Waals surface area (Å²) in [6, 6.07) is 9.69. The fraction of sp³-hybridized carbons (Fsp3) is 0.200. The second-order valence-corrected chi connectivity index (χ2v) is 3.51. The lowest BCUT2D eigenvalue weighted by molar-refractivity contribution is 0.875. The number of benzene rings is 1. The quantitative estimate of drug-likeness (QED) is 0.518. The molecule has 12 heavy (non-hydrogen) atoms. The summed E-state index contributed by atoms with van der Waals surface area (Å²) in [5.74, 6) is 0.335. The van der Waals surface area contributed by atoms with Crippen LogP contribution in [0.3, 0.4) is 0 Å². The van der Waals surface area contributed by atoms with Crippen LogP contribution in [0.1, 0.15) is 5.56 Å². The van der Waals surface area contributed by atoms with Crippen LogP contribution in [0.15, 0.2) is 43.0 Å². The fourth-order valence-corrected chi connectivity index (χ4v) is 1.35. The molecule has 0 aliphatic carbocycles. The second-order valence-electron chi connectivity index (χ2n) is 2.57. The maximum absolute atomic E-state index is 6.18. The van der Waals surface area contributed by atoms with E-state index in [-0.39, 0.29) is 0 Å². The van der Waals surface area contributed by atoms with Crippen LogP contribution in [0, 0.1) is 0 Å². The molecule has 0 aliphatic rings. The van der Waals surface area contributed by atoms with E-state index in [1.54, 1.807) is 6.08 Å². The summed E-state index contributed by atoms with van der Waals surface area (Å²) in [7, 11) is 0. The summed E-state index contributed by atoms with van der Waals surface area (Å²) >= 11 is 11.9. The van der Waals surface area contributed by atoms with Gasteiger partial charge < -0.3 is 0 Å². The van der Waals surface area contributed by atoms with E-state index >= 15 is 0 Å². The molecule has 0 N–H and O–H groups in total. The molecule has 0 saturated carbocycles. The van der Waals surface area contributed by atoms with Crippen LogP contribution in [0.25, 0.3) is 0 Å². The van der Waals surface area contributed by atoms with E-state index in [0.29, 0.717) is 5.88 Å². The Kier molecular flexibility index (Phi) is 3.19. The van der Waals surface area contributed by atoms with Crippen LogP contribution in [-0.2, 0) is 4.87 Å². The summed E-state index contributed by atoms with van der Waals surface area (Å²) < 4.78 is 0. The minimum Gasteiger partial charge on any atom is -0.124 e. The lowest BCUT2D eigenvalue weighted by Crippen LogP contribution is -2.16. The molecule has 0 saturated heterocycles. The van der Waals surface area contributed by atoms with Crippen molar-refractivity contribution >= 4 is 23.2 Å². The van der Waals surface area contributed by atoms with Gasteiger partial charge in [-0.2, -0.15) is 0 Å². The molecule has 0 aliphatic heterocycles. The van der Waals surface area contributed by atoms with Crippen LogP contribution < -0.4 is 0 Å². The molecule has 0 bridgehead atoms. The zero-order chi connectivity index (χ0) is 9.03. The summed E-state index contributed by atoms with van der Waals surface area (Å²) in [5.41, 5.74) is 0.983. The number of hydrogen-bond donors (Lipinski definition) is 0. The first kappa shape index (κ1) is 9.63. The van der Waals surface area contributed by atoms with Gasteiger partial charge in [-0.05, 0) is 5.56 Å². The molecule has 0 radical (unpaired) electrons. The molecule has 0 heterocycles. The number of rotatable bonds is 3. The molecule has 1 atom stereocenters. The standard InChI is InChI=1S/C10H10Cl2/c1-2-10(12,8-11)9-6-4-3-5-7-9/h2-7H,1,8H2. The van der Waals surface area contributed by atoms with Crippen LogP contribution in [0.2, 0.25) is 0 Å². The largest absolute Gasteiger partial charge is 0.124 e. The SMILES string of the molecule is C=CC(Cl)(CCl)c1ccccc1. The van der Waals surface area contributed by atoms with E-state index in [4.69, 9.17) is 23.2 Å². The van der Waals surface area contributed by atoms with E-state index in [9.17, 15) is 0 Å². The fourth-order valence-electron chi connectivity index (χ4n) is 0.965. The molecule has 1 unspecified atom stereocenters. The first-order chi connectivity index (χ1) is 5.73. The molecule has 2 heteroatoms. The van der Waals surface area contributed by atoms with Crippen molar-refractivity contribution in [3.63, 3.8) is 0 Å². The van der Waals surface area contributed by atoms with Gasteiger partial charge in [0, 0.05) is 5.88 Å². The van der Waals surface area contributed by atoms with Gasteiger partial charge in [-0.1, -0.05) is 36.4 Å². The molecule has 1 aromatic rings. The average Bonchev–Trinajstić information content (AvgIpc) is 2.18. The highest BCUT2D eigenvalue weighted by Crippen LogP contribution is 2.31. The average molecular weight is 201 g/mol. The Bertz CT molecular complexity index is 256. The molecule has 0 nitrogen and oxygen atoms in total. The Morgan fingerprint density at radius 2 is 1.92 bits per heavy atom. The summed E-state index contributed by atoms with van der Waals surface area (Å²) in [4.78, 5) is -0.622. The maximum Gasteiger partial charge on any atom is 0.101 e. The highest BCUT2D eigenvalue weighted by atomic mass is 35.5. The van der Waals surface area contributed by atoms with Gasteiger partial charge in [-0.3, -0.25) is 0 Å². The predicted molar refractivity (Wildman–Crippen MR) is 54.9 cm³/mol. The van der Waals surface area contributed by atoms with Crippen molar-refractivity contribution in [3.8, 4) is 0 Å². The van der Waals surface area contributed by atoms with Crippen molar-refractivity contribution in [2.75, 3.05) is 5.88 Å². The third-order valence-corrected chi connectivity index (χ3v) is 2.84. The first-order valence-corrected chi connectivity index (χ1v) is 4.58. The smallest absolute Gasteiger partial charge is 0.101 e. The molecule has 0 fully saturated rings. The van der Waals surface area contributed by atoms with E-state index in [2.05, 4.69) is 6.58 Å². The normalized spacial score (nSPS) is 15.2. The minimum atomic E-state index is -0.622. The van der Waals surface area contributed by atoms with Gasteiger partial charge >= 0.3 is 0 Å². The van der Waals surface area contributed by atoms with Gasteiger partial charge in [0.1, 0.15) is 4.87 Å². The maximum atomic E-state index is 6.18. The number of alkyl halides is 2. The van der Waals surface area contributed by atoms with Gasteiger partial charge in [0.05, 0.1) is 0 Å². The Hall–Kier alpha value is -0.460. The Morgan fingerprint density at radius 1 is 1.33 bits per heavy atom. The molecule has 0 amide bonds. The van der Waals surface area contributed by atoms with Gasteiger partial charge in [0.25, 0.3) is 0 Å². The predicted octanol–water partition coefficient (Wildman–Crippen LogP) is 3.55.